The van der Waals surface area contributed by atoms with Crippen molar-refractivity contribution in [3.05, 3.63) is 94.0 Å². The van der Waals surface area contributed by atoms with Gasteiger partial charge in [-0.25, -0.2) is 13.8 Å². The van der Waals surface area contributed by atoms with E-state index in [4.69, 9.17) is 11.6 Å². The van der Waals surface area contributed by atoms with Gasteiger partial charge in [0.05, 0.1) is 16.3 Å². The monoisotopic (exact) mass is 455 g/mol. The summed E-state index contributed by atoms with van der Waals surface area (Å²) in [5.74, 6) is -0.517. The summed E-state index contributed by atoms with van der Waals surface area (Å²) in [7, 11) is -3.86. The predicted octanol–water partition coefficient (Wildman–Crippen LogP) is 4.91. The lowest BCUT2D eigenvalue weighted by atomic mass is 10.1. The van der Waals surface area contributed by atoms with E-state index in [9.17, 15) is 13.2 Å². The van der Waals surface area contributed by atoms with Crippen molar-refractivity contribution in [1.82, 2.24) is 5.43 Å². The first kappa shape index (κ1) is 22.5. The molecule has 1 amide bonds. The molecule has 0 aliphatic heterocycles. The van der Waals surface area contributed by atoms with Crippen LogP contribution in [0.3, 0.4) is 0 Å². The van der Waals surface area contributed by atoms with Crippen LogP contribution in [0.2, 0.25) is 5.02 Å². The highest BCUT2D eigenvalue weighted by Crippen LogP contribution is 2.21. The Balaban J connectivity index is 1.77. The number of hydrazone groups is 1. The van der Waals surface area contributed by atoms with Crippen LogP contribution in [0.15, 0.2) is 76.7 Å². The van der Waals surface area contributed by atoms with Crippen LogP contribution >= 0.6 is 11.6 Å². The summed E-state index contributed by atoms with van der Waals surface area (Å²) in [6, 6.07) is 18.3. The number of halogens is 1. The van der Waals surface area contributed by atoms with Gasteiger partial charge in [0.15, 0.2) is 0 Å². The molecule has 0 saturated carbocycles. The van der Waals surface area contributed by atoms with Gasteiger partial charge in [0.25, 0.3) is 15.9 Å². The van der Waals surface area contributed by atoms with E-state index in [0.29, 0.717) is 16.4 Å². The molecular formula is C23H22ClN3O3S. The molecule has 6 nitrogen and oxygen atoms in total. The van der Waals surface area contributed by atoms with Gasteiger partial charge < -0.3 is 0 Å². The normalized spacial score (nSPS) is 11.8. The van der Waals surface area contributed by atoms with Crippen molar-refractivity contribution in [3.8, 4) is 0 Å². The average Bonchev–Trinajstić information content (AvgIpc) is 2.74. The summed E-state index contributed by atoms with van der Waals surface area (Å²) in [4.78, 5) is 12.5. The minimum atomic E-state index is -3.86. The Morgan fingerprint density at radius 2 is 1.65 bits per heavy atom. The first-order chi connectivity index (χ1) is 14.7. The van der Waals surface area contributed by atoms with Gasteiger partial charge in [0.1, 0.15) is 0 Å². The summed E-state index contributed by atoms with van der Waals surface area (Å²) in [5, 5.41) is 4.69. The maximum Gasteiger partial charge on any atom is 0.271 e. The number of sulfonamides is 1. The van der Waals surface area contributed by atoms with E-state index in [-0.39, 0.29) is 10.5 Å². The molecule has 0 aromatic heterocycles. The molecule has 8 heteroatoms. The predicted molar refractivity (Wildman–Crippen MR) is 124 cm³/mol. The Kier molecular flexibility index (Phi) is 6.77. The number of rotatable bonds is 6. The molecule has 0 bridgehead atoms. The first-order valence-electron chi connectivity index (χ1n) is 9.46. The van der Waals surface area contributed by atoms with Gasteiger partial charge in [-0.2, -0.15) is 5.10 Å². The lowest BCUT2D eigenvalue weighted by molar-refractivity contribution is 0.0954. The molecule has 0 unspecified atom stereocenters. The largest absolute Gasteiger partial charge is 0.279 e. The van der Waals surface area contributed by atoms with Gasteiger partial charge in [0.2, 0.25) is 0 Å². The molecule has 3 rings (SSSR count). The number of benzene rings is 3. The second-order valence-electron chi connectivity index (χ2n) is 7.10. The lowest BCUT2D eigenvalue weighted by Crippen LogP contribution is -2.20. The van der Waals surface area contributed by atoms with Gasteiger partial charge in [-0.05, 0) is 68.3 Å². The zero-order valence-corrected chi connectivity index (χ0v) is 18.9. The number of nitrogens with zero attached hydrogens (tertiary/aromatic N) is 1. The quantitative estimate of drug-likeness (QED) is 0.409. The summed E-state index contributed by atoms with van der Waals surface area (Å²) in [6.45, 7) is 5.51. The smallest absolute Gasteiger partial charge is 0.271 e. The Bertz CT molecular complexity index is 1250. The topological polar surface area (TPSA) is 87.6 Å². The molecule has 160 valence electrons. The van der Waals surface area contributed by atoms with Crippen LogP contribution < -0.4 is 10.1 Å². The van der Waals surface area contributed by atoms with Crippen molar-refractivity contribution in [1.29, 1.82) is 0 Å². The number of amides is 1. The van der Waals surface area contributed by atoms with Crippen LogP contribution in [0.4, 0.5) is 5.69 Å². The number of nitrogens with one attached hydrogen (secondary N) is 2. The number of hydrogen-bond acceptors (Lipinski definition) is 4. The third kappa shape index (κ3) is 5.71. The number of carbonyl (C=O) groups is 1. The zero-order chi connectivity index (χ0) is 22.6. The zero-order valence-electron chi connectivity index (χ0n) is 17.3. The van der Waals surface area contributed by atoms with Crippen molar-refractivity contribution in [2.24, 2.45) is 5.10 Å². The molecule has 0 aliphatic carbocycles. The van der Waals surface area contributed by atoms with E-state index < -0.39 is 15.9 Å². The van der Waals surface area contributed by atoms with Crippen molar-refractivity contribution >= 4 is 38.9 Å². The highest BCUT2D eigenvalue weighted by atomic mass is 35.5. The van der Waals surface area contributed by atoms with Gasteiger partial charge in [-0.1, -0.05) is 47.5 Å². The van der Waals surface area contributed by atoms with Gasteiger partial charge in [-0.15, -0.1) is 0 Å². The molecule has 31 heavy (non-hydrogen) atoms. The van der Waals surface area contributed by atoms with E-state index in [2.05, 4.69) is 15.2 Å². The molecule has 0 heterocycles. The molecular weight excluding hydrogens is 434 g/mol. The molecule has 3 aromatic rings. The van der Waals surface area contributed by atoms with Crippen molar-refractivity contribution in [3.63, 3.8) is 0 Å². The fourth-order valence-corrected chi connectivity index (χ4v) is 4.19. The number of anilines is 1. The Labute approximate surface area is 187 Å². The molecule has 0 atom stereocenters. The van der Waals surface area contributed by atoms with E-state index in [0.717, 1.165) is 16.7 Å². The van der Waals surface area contributed by atoms with Gasteiger partial charge in [-0.3, -0.25) is 9.52 Å². The highest BCUT2D eigenvalue weighted by Gasteiger charge is 2.17. The summed E-state index contributed by atoms with van der Waals surface area (Å²) in [5.41, 5.74) is 6.36. The number of aryl methyl sites for hydroxylation is 2. The molecule has 0 saturated heterocycles. The standard InChI is InChI=1S/C23H22ClN3O3S/c1-15-7-12-22(16(2)13-15)27-31(29,30)21-6-4-5-19(14-21)23(28)26-25-17(3)18-8-10-20(24)11-9-18/h4-14,27H,1-3H3,(H,26,28)/b25-17-. The lowest BCUT2D eigenvalue weighted by Gasteiger charge is -2.12. The van der Waals surface area contributed by atoms with Gasteiger partial charge >= 0.3 is 0 Å². The molecule has 2 N–H and O–H groups in total. The molecule has 0 spiro atoms. The highest BCUT2D eigenvalue weighted by molar-refractivity contribution is 7.92. The van der Waals surface area contributed by atoms with Crippen molar-refractivity contribution in [2.45, 2.75) is 25.7 Å². The average molecular weight is 456 g/mol. The SMILES string of the molecule is C/C(=N/NC(=O)c1cccc(S(=O)(=O)Nc2ccc(C)cc2C)c1)c1ccc(Cl)cc1. The minimum Gasteiger partial charge on any atom is -0.279 e. The van der Waals surface area contributed by atoms with Crippen LogP contribution in [0.25, 0.3) is 0 Å². The number of carbonyl (C=O) groups excluding carboxylic acids is 1. The summed E-state index contributed by atoms with van der Waals surface area (Å²) >= 11 is 5.88. The maximum atomic E-state index is 12.8. The van der Waals surface area contributed by atoms with Crippen molar-refractivity contribution < 1.29 is 13.2 Å². The Morgan fingerprint density at radius 3 is 2.32 bits per heavy atom. The summed E-state index contributed by atoms with van der Waals surface area (Å²) in [6.07, 6.45) is 0. The molecule has 0 radical (unpaired) electrons. The van der Waals surface area contributed by atoms with E-state index in [1.165, 1.54) is 24.3 Å². The molecule has 0 aliphatic rings. The third-order valence-electron chi connectivity index (χ3n) is 4.62. The molecule has 3 aromatic carbocycles. The van der Waals surface area contributed by atoms with E-state index >= 15 is 0 Å². The van der Waals surface area contributed by atoms with Crippen LogP contribution in [-0.2, 0) is 10.0 Å². The third-order valence-corrected chi connectivity index (χ3v) is 6.24. The maximum absolute atomic E-state index is 12.8. The molecule has 0 fully saturated rings. The first-order valence-corrected chi connectivity index (χ1v) is 11.3. The number of hydrogen-bond donors (Lipinski definition) is 2. The van der Waals surface area contributed by atoms with Crippen LogP contribution in [0, 0.1) is 13.8 Å². The Hall–Kier alpha value is -3.16. The van der Waals surface area contributed by atoms with E-state index in [1.54, 1.807) is 37.3 Å². The Morgan fingerprint density at radius 1 is 0.935 bits per heavy atom. The fraction of sp³-hybridized carbons (Fsp3) is 0.130. The minimum absolute atomic E-state index is 0.0153. The van der Waals surface area contributed by atoms with E-state index in [1.807, 2.05) is 26.0 Å². The van der Waals surface area contributed by atoms with Crippen molar-refractivity contribution in [2.75, 3.05) is 4.72 Å². The van der Waals surface area contributed by atoms with Crippen LogP contribution in [-0.4, -0.2) is 20.0 Å². The van der Waals surface area contributed by atoms with Crippen LogP contribution in [0.5, 0.6) is 0 Å². The fourth-order valence-electron chi connectivity index (χ4n) is 2.89. The second-order valence-corrected chi connectivity index (χ2v) is 9.22. The van der Waals surface area contributed by atoms with Crippen LogP contribution in [0.1, 0.15) is 34.0 Å². The summed E-state index contributed by atoms with van der Waals surface area (Å²) < 4.78 is 28.2. The van der Waals surface area contributed by atoms with Gasteiger partial charge in [0, 0.05) is 10.6 Å². The second kappa shape index (κ2) is 9.32.